The fourth-order valence-corrected chi connectivity index (χ4v) is 3.91. The second-order valence-corrected chi connectivity index (χ2v) is 8.22. The minimum absolute atomic E-state index is 0.383. The van der Waals surface area contributed by atoms with Crippen LogP contribution in [0.25, 0.3) is 0 Å². The van der Waals surface area contributed by atoms with Gasteiger partial charge in [0.15, 0.2) is 0 Å². The summed E-state index contributed by atoms with van der Waals surface area (Å²) in [5, 5.41) is 6.98. The summed E-state index contributed by atoms with van der Waals surface area (Å²) in [7, 11) is 0. The quantitative estimate of drug-likeness (QED) is 0.332. The van der Waals surface area contributed by atoms with Gasteiger partial charge in [0.2, 0.25) is 0 Å². The Labute approximate surface area is 175 Å². The first-order chi connectivity index (χ1) is 13.7. The number of carbonyl (C=O) groups is 1. The van der Waals surface area contributed by atoms with E-state index in [9.17, 15) is 4.79 Å². The summed E-state index contributed by atoms with van der Waals surface area (Å²) in [6, 6.07) is 6.82. The van der Waals surface area contributed by atoms with Crippen molar-refractivity contribution in [2.24, 2.45) is 11.8 Å². The zero-order valence-electron chi connectivity index (χ0n) is 16.9. The monoisotopic (exact) mass is 406 g/mol. The molecule has 1 aliphatic rings. The molecule has 0 heterocycles. The van der Waals surface area contributed by atoms with E-state index in [0.29, 0.717) is 23.2 Å². The van der Waals surface area contributed by atoms with Crippen molar-refractivity contribution in [3.8, 4) is 5.75 Å². The third kappa shape index (κ3) is 9.61. The number of halogens is 1. The maximum atomic E-state index is 11.9. The van der Waals surface area contributed by atoms with E-state index in [0.717, 1.165) is 25.4 Å². The summed E-state index contributed by atoms with van der Waals surface area (Å²) in [6.07, 6.45) is 12.9. The highest BCUT2D eigenvalue weighted by molar-refractivity contribution is 6.30. The van der Waals surface area contributed by atoms with Gasteiger partial charge in [0.1, 0.15) is 5.75 Å². The van der Waals surface area contributed by atoms with E-state index in [-0.39, 0.29) is 6.09 Å². The summed E-state index contributed by atoms with van der Waals surface area (Å²) >= 11 is 5.83. The Bertz CT molecular complexity index is 568. The average molecular weight is 407 g/mol. The van der Waals surface area contributed by atoms with Crippen molar-refractivity contribution in [1.29, 1.82) is 0 Å². The van der Waals surface area contributed by atoms with E-state index in [2.05, 4.69) is 17.2 Å². The van der Waals surface area contributed by atoms with Crippen LogP contribution in [0.2, 0.25) is 5.02 Å². The summed E-state index contributed by atoms with van der Waals surface area (Å²) < 4.78 is 5.27. The minimum Gasteiger partial charge on any atom is -0.410 e. The van der Waals surface area contributed by atoms with Crippen LogP contribution in [0.4, 0.5) is 4.79 Å². The Morgan fingerprint density at radius 1 is 1.07 bits per heavy atom. The molecule has 0 radical (unpaired) electrons. The molecule has 0 bridgehead atoms. The van der Waals surface area contributed by atoms with E-state index in [1.807, 2.05) is 6.08 Å². The second-order valence-electron chi connectivity index (χ2n) is 7.79. The Balaban J connectivity index is 1.48. The van der Waals surface area contributed by atoms with Crippen molar-refractivity contribution >= 4 is 17.7 Å². The molecule has 5 heteroatoms. The zero-order valence-corrected chi connectivity index (χ0v) is 17.7. The topological polar surface area (TPSA) is 50.4 Å². The number of hydrogen-bond acceptors (Lipinski definition) is 3. The number of carbonyl (C=O) groups excluding carboxylic acids is 1. The lowest BCUT2D eigenvalue weighted by atomic mass is 9.80. The van der Waals surface area contributed by atoms with Gasteiger partial charge >= 0.3 is 6.09 Å². The first kappa shape index (κ1) is 22.8. The smallest absolute Gasteiger partial charge is 0.410 e. The number of ether oxygens (including phenoxy) is 1. The number of amides is 1. The summed E-state index contributed by atoms with van der Waals surface area (Å²) in [5.41, 5.74) is 0. The van der Waals surface area contributed by atoms with Crippen molar-refractivity contribution in [3.63, 3.8) is 0 Å². The highest BCUT2D eigenvalue weighted by atomic mass is 35.5. The Morgan fingerprint density at radius 2 is 1.79 bits per heavy atom. The molecule has 0 unspecified atom stereocenters. The molecule has 0 atom stereocenters. The van der Waals surface area contributed by atoms with Crippen LogP contribution in [0, 0.1) is 11.8 Å². The molecule has 1 amide bonds. The minimum atomic E-state index is -0.383. The number of rotatable bonds is 12. The van der Waals surface area contributed by atoms with Crippen LogP contribution in [0.5, 0.6) is 5.75 Å². The first-order valence-electron chi connectivity index (χ1n) is 10.7. The lowest BCUT2D eigenvalue weighted by Crippen LogP contribution is -2.33. The van der Waals surface area contributed by atoms with Gasteiger partial charge in [0.25, 0.3) is 0 Å². The lowest BCUT2D eigenvalue weighted by molar-refractivity contribution is 0.193. The van der Waals surface area contributed by atoms with E-state index < -0.39 is 0 Å². The van der Waals surface area contributed by atoms with Crippen molar-refractivity contribution in [2.45, 2.75) is 57.8 Å². The highest BCUT2D eigenvalue weighted by Crippen LogP contribution is 2.31. The number of hydrogen-bond donors (Lipinski definition) is 2. The number of nitrogens with one attached hydrogen (secondary N) is 2. The van der Waals surface area contributed by atoms with Crippen LogP contribution in [0.1, 0.15) is 57.8 Å². The Kier molecular flexibility index (Phi) is 11.1. The van der Waals surface area contributed by atoms with Gasteiger partial charge in [-0.15, -0.1) is 6.58 Å². The zero-order chi connectivity index (χ0) is 20.0. The van der Waals surface area contributed by atoms with Crippen molar-refractivity contribution in [1.82, 2.24) is 10.6 Å². The maximum Gasteiger partial charge on any atom is 0.412 e. The molecule has 0 saturated heterocycles. The predicted molar refractivity (Wildman–Crippen MR) is 117 cm³/mol. The van der Waals surface area contributed by atoms with Gasteiger partial charge < -0.3 is 15.4 Å². The molecule has 2 N–H and O–H groups in total. The molecule has 1 aliphatic carbocycles. The van der Waals surface area contributed by atoms with Gasteiger partial charge in [-0.1, -0.05) is 49.8 Å². The lowest BCUT2D eigenvalue weighted by Gasteiger charge is -2.28. The molecule has 1 aromatic carbocycles. The third-order valence-electron chi connectivity index (χ3n) is 5.52. The molecule has 28 heavy (non-hydrogen) atoms. The Morgan fingerprint density at radius 3 is 2.50 bits per heavy atom. The third-order valence-corrected chi connectivity index (χ3v) is 5.77. The fourth-order valence-electron chi connectivity index (χ4n) is 3.79. The van der Waals surface area contributed by atoms with Gasteiger partial charge in [0, 0.05) is 11.6 Å². The number of unbranched alkanes of at least 4 members (excludes halogenated alkanes) is 2. The second kappa shape index (κ2) is 13.6. The Hall–Kier alpha value is -1.52. The summed E-state index contributed by atoms with van der Waals surface area (Å²) in [4.78, 5) is 11.9. The molecule has 1 aromatic rings. The molecule has 1 saturated carbocycles. The van der Waals surface area contributed by atoms with Gasteiger partial charge in [-0.3, -0.25) is 0 Å². The van der Waals surface area contributed by atoms with E-state index in [4.69, 9.17) is 16.3 Å². The molecule has 2 rings (SSSR count). The van der Waals surface area contributed by atoms with Gasteiger partial charge in [-0.25, -0.2) is 4.79 Å². The van der Waals surface area contributed by atoms with Crippen molar-refractivity contribution in [3.05, 3.63) is 41.9 Å². The molecule has 1 fully saturated rings. The largest absolute Gasteiger partial charge is 0.412 e. The van der Waals surface area contributed by atoms with Crippen LogP contribution < -0.4 is 15.4 Å². The maximum absolute atomic E-state index is 11.9. The molecular weight excluding hydrogens is 372 g/mol. The predicted octanol–water partition coefficient (Wildman–Crippen LogP) is 5.96. The molecule has 156 valence electrons. The van der Waals surface area contributed by atoms with Crippen LogP contribution >= 0.6 is 11.6 Å². The van der Waals surface area contributed by atoms with E-state index in [1.165, 1.54) is 51.4 Å². The van der Waals surface area contributed by atoms with E-state index >= 15 is 0 Å². The fraction of sp³-hybridized carbons (Fsp3) is 0.609. The van der Waals surface area contributed by atoms with Crippen LogP contribution in [-0.2, 0) is 0 Å². The van der Waals surface area contributed by atoms with Gasteiger partial charge in [-0.05, 0) is 74.9 Å². The van der Waals surface area contributed by atoms with Crippen LogP contribution in [0.3, 0.4) is 0 Å². The van der Waals surface area contributed by atoms with Crippen LogP contribution in [0.15, 0.2) is 36.9 Å². The van der Waals surface area contributed by atoms with Crippen molar-refractivity contribution < 1.29 is 9.53 Å². The highest BCUT2D eigenvalue weighted by Gasteiger charge is 2.21. The molecule has 0 aliphatic heterocycles. The number of benzene rings is 1. The van der Waals surface area contributed by atoms with Crippen molar-refractivity contribution in [2.75, 3.05) is 19.6 Å². The van der Waals surface area contributed by atoms with Gasteiger partial charge in [0.05, 0.1) is 0 Å². The molecule has 0 spiro atoms. The van der Waals surface area contributed by atoms with Gasteiger partial charge in [-0.2, -0.15) is 0 Å². The summed E-state index contributed by atoms with van der Waals surface area (Å²) in [6.45, 7) is 6.61. The molecule has 4 nitrogen and oxygen atoms in total. The first-order valence-corrected chi connectivity index (χ1v) is 11.1. The van der Waals surface area contributed by atoms with Crippen LogP contribution in [-0.4, -0.2) is 25.7 Å². The van der Waals surface area contributed by atoms with E-state index in [1.54, 1.807) is 24.3 Å². The molecular formula is C23H35ClN2O2. The SMILES string of the molecule is C=CCCNCCCCCC1CCC(CNC(=O)Oc2ccc(Cl)cc2)CC1. The molecule has 0 aromatic heterocycles. The normalized spacial score (nSPS) is 19.2. The standard InChI is InChI=1S/C23H35ClN2O2/c1-2-3-16-25-17-6-4-5-7-19-8-10-20(11-9-19)18-26-23(27)28-22-14-12-21(24)13-15-22/h2,12-15,19-20,25H,1,3-11,16-18H2,(H,26,27). The average Bonchev–Trinajstić information content (AvgIpc) is 2.71. The summed E-state index contributed by atoms with van der Waals surface area (Å²) in [5.74, 6) is 1.95.